The molecule has 0 saturated carbocycles. The zero-order valence-corrected chi connectivity index (χ0v) is 8.30. The van der Waals surface area contributed by atoms with E-state index in [4.69, 9.17) is 0 Å². The van der Waals surface area contributed by atoms with E-state index in [1.165, 1.54) is 0 Å². The van der Waals surface area contributed by atoms with Gasteiger partial charge in [0.05, 0.1) is 18.2 Å². The topological polar surface area (TPSA) is 68.1 Å². The van der Waals surface area contributed by atoms with Crippen molar-refractivity contribution in [2.45, 2.75) is 18.4 Å². The molecular weight excluding hydrogens is 194 g/mol. The number of rotatable bonds is 2. The standard InChI is InChI=1S/C10H13N3O2/c14-13(15)10-7-11-6-4-8(10)9-3-1-2-5-12-9/h1-3,5,8,10-11H,4,6-7H2. The van der Waals surface area contributed by atoms with Crippen LogP contribution in [0.2, 0.25) is 0 Å². The molecule has 0 spiro atoms. The first-order valence-corrected chi connectivity index (χ1v) is 5.04. The number of pyridine rings is 1. The Morgan fingerprint density at radius 2 is 2.40 bits per heavy atom. The Balaban J connectivity index is 2.22. The average molecular weight is 207 g/mol. The second-order valence-corrected chi connectivity index (χ2v) is 3.71. The summed E-state index contributed by atoms with van der Waals surface area (Å²) in [5.74, 6) is -0.0533. The third-order valence-electron chi connectivity index (χ3n) is 2.79. The Bertz CT molecular complexity index is 342. The van der Waals surface area contributed by atoms with Gasteiger partial charge < -0.3 is 5.32 Å². The lowest BCUT2D eigenvalue weighted by atomic mass is 9.90. The molecule has 5 nitrogen and oxygen atoms in total. The van der Waals surface area contributed by atoms with Crippen LogP contribution in [0.25, 0.3) is 0 Å². The predicted octanol–water partition coefficient (Wildman–Crippen LogP) is 0.804. The van der Waals surface area contributed by atoms with Gasteiger partial charge in [0.2, 0.25) is 6.04 Å². The molecule has 0 aliphatic carbocycles. The highest BCUT2D eigenvalue weighted by atomic mass is 16.6. The number of hydrogen-bond donors (Lipinski definition) is 1. The molecule has 0 aromatic carbocycles. The van der Waals surface area contributed by atoms with Gasteiger partial charge in [-0.15, -0.1) is 0 Å². The molecule has 2 atom stereocenters. The molecule has 2 heterocycles. The monoisotopic (exact) mass is 207 g/mol. The Kier molecular flexibility index (Phi) is 2.91. The highest BCUT2D eigenvalue weighted by molar-refractivity contribution is 5.12. The molecule has 15 heavy (non-hydrogen) atoms. The summed E-state index contributed by atoms with van der Waals surface area (Å²) in [5.41, 5.74) is 0.834. The van der Waals surface area contributed by atoms with Crippen LogP contribution in [-0.2, 0) is 0 Å². The van der Waals surface area contributed by atoms with Crippen molar-refractivity contribution in [2.75, 3.05) is 13.1 Å². The molecule has 0 radical (unpaired) electrons. The normalized spacial score (nSPS) is 26.1. The molecule has 1 aromatic heterocycles. The Hall–Kier alpha value is -1.49. The van der Waals surface area contributed by atoms with Crippen molar-refractivity contribution in [3.63, 3.8) is 0 Å². The third kappa shape index (κ3) is 2.12. The van der Waals surface area contributed by atoms with Gasteiger partial charge in [-0.2, -0.15) is 0 Å². The molecule has 1 saturated heterocycles. The van der Waals surface area contributed by atoms with Gasteiger partial charge in [-0.25, -0.2) is 0 Å². The summed E-state index contributed by atoms with van der Waals surface area (Å²) in [6.45, 7) is 1.26. The first-order valence-electron chi connectivity index (χ1n) is 5.04. The zero-order valence-electron chi connectivity index (χ0n) is 8.30. The quantitative estimate of drug-likeness (QED) is 0.575. The number of nitrogens with zero attached hydrogens (tertiary/aromatic N) is 2. The van der Waals surface area contributed by atoms with Gasteiger partial charge in [0.1, 0.15) is 0 Å². The van der Waals surface area contributed by atoms with Crippen molar-refractivity contribution in [3.05, 3.63) is 40.2 Å². The first kappa shape index (κ1) is 10.0. The first-order chi connectivity index (χ1) is 7.29. The molecule has 2 unspecified atom stereocenters. The van der Waals surface area contributed by atoms with E-state index in [0.717, 1.165) is 18.7 Å². The van der Waals surface area contributed by atoms with Crippen LogP contribution in [0.15, 0.2) is 24.4 Å². The minimum Gasteiger partial charge on any atom is -0.310 e. The highest BCUT2D eigenvalue weighted by Gasteiger charge is 2.35. The molecule has 1 aliphatic heterocycles. The lowest BCUT2D eigenvalue weighted by molar-refractivity contribution is -0.526. The molecule has 5 heteroatoms. The maximum atomic E-state index is 10.9. The van der Waals surface area contributed by atoms with E-state index in [9.17, 15) is 10.1 Å². The van der Waals surface area contributed by atoms with Gasteiger partial charge in [-0.1, -0.05) is 6.07 Å². The summed E-state index contributed by atoms with van der Waals surface area (Å²) in [6, 6.07) is 5.02. The summed E-state index contributed by atoms with van der Waals surface area (Å²) in [6.07, 6.45) is 2.47. The SMILES string of the molecule is O=[N+]([O-])C1CNCCC1c1ccccn1. The van der Waals surface area contributed by atoms with E-state index in [0.29, 0.717) is 6.54 Å². The number of nitro groups is 1. The van der Waals surface area contributed by atoms with Gasteiger partial charge in [0.15, 0.2) is 0 Å². The van der Waals surface area contributed by atoms with E-state index < -0.39 is 6.04 Å². The molecule has 80 valence electrons. The fraction of sp³-hybridized carbons (Fsp3) is 0.500. The molecule has 2 rings (SSSR count). The molecule has 0 bridgehead atoms. The van der Waals surface area contributed by atoms with Crippen molar-refractivity contribution in [3.8, 4) is 0 Å². The fourth-order valence-corrected chi connectivity index (χ4v) is 2.00. The van der Waals surface area contributed by atoms with Crippen molar-refractivity contribution >= 4 is 0 Å². The van der Waals surface area contributed by atoms with Crippen LogP contribution in [0.5, 0.6) is 0 Å². The molecule has 1 aromatic rings. The minimum absolute atomic E-state index is 0.0533. The zero-order chi connectivity index (χ0) is 10.7. The van der Waals surface area contributed by atoms with Crippen molar-refractivity contribution in [2.24, 2.45) is 0 Å². The summed E-state index contributed by atoms with van der Waals surface area (Å²) in [7, 11) is 0. The van der Waals surface area contributed by atoms with Gasteiger partial charge in [-0.05, 0) is 25.1 Å². The number of piperidine rings is 1. The third-order valence-corrected chi connectivity index (χ3v) is 2.79. The van der Waals surface area contributed by atoms with Crippen LogP contribution >= 0.6 is 0 Å². The van der Waals surface area contributed by atoms with Gasteiger partial charge >= 0.3 is 0 Å². The summed E-state index contributed by atoms with van der Waals surface area (Å²) < 4.78 is 0. The van der Waals surface area contributed by atoms with Crippen LogP contribution in [0.3, 0.4) is 0 Å². The number of hydrogen-bond acceptors (Lipinski definition) is 4. The van der Waals surface area contributed by atoms with E-state index in [1.807, 2.05) is 18.2 Å². The van der Waals surface area contributed by atoms with Crippen molar-refractivity contribution in [1.29, 1.82) is 0 Å². The highest BCUT2D eigenvalue weighted by Crippen LogP contribution is 2.25. The van der Waals surface area contributed by atoms with E-state index in [-0.39, 0.29) is 10.8 Å². The van der Waals surface area contributed by atoms with Gasteiger partial charge in [0.25, 0.3) is 0 Å². The number of nitrogens with one attached hydrogen (secondary N) is 1. The summed E-state index contributed by atoms with van der Waals surface area (Å²) in [5, 5.41) is 13.9. The van der Waals surface area contributed by atoms with E-state index in [1.54, 1.807) is 6.20 Å². The van der Waals surface area contributed by atoms with E-state index in [2.05, 4.69) is 10.3 Å². The Labute approximate surface area is 87.7 Å². The molecule has 1 N–H and O–H groups in total. The minimum atomic E-state index is -0.548. The van der Waals surface area contributed by atoms with Crippen molar-refractivity contribution in [1.82, 2.24) is 10.3 Å². The average Bonchev–Trinajstić information content (AvgIpc) is 2.30. The lowest BCUT2D eigenvalue weighted by Crippen LogP contribution is -2.44. The smallest absolute Gasteiger partial charge is 0.233 e. The maximum absolute atomic E-state index is 10.9. The van der Waals surface area contributed by atoms with Crippen LogP contribution in [0.1, 0.15) is 18.0 Å². The number of aromatic nitrogens is 1. The van der Waals surface area contributed by atoms with Crippen LogP contribution in [-0.4, -0.2) is 29.0 Å². The summed E-state index contributed by atoms with van der Waals surface area (Å²) >= 11 is 0. The predicted molar refractivity (Wildman–Crippen MR) is 55.2 cm³/mol. The second-order valence-electron chi connectivity index (χ2n) is 3.71. The van der Waals surface area contributed by atoms with Gasteiger partial charge in [0, 0.05) is 11.1 Å². The fourth-order valence-electron chi connectivity index (χ4n) is 2.00. The van der Waals surface area contributed by atoms with E-state index >= 15 is 0 Å². The van der Waals surface area contributed by atoms with Crippen LogP contribution in [0.4, 0.5) is 0 Å². The van der Waals surface area contributed by atoms with Crippen molar-refractivity contribution < 1.29 is 4.92 Å². The Morgan fingerprint density at radius 1 is 1.53 bits per heavy atom. The van der Waals surface area contributed by atoms with Gasteiger partial charge in [-0.3, -0.25) is 15.1 Å². The molecule has 0 amide bonds. The molecule has 1 fully saturated rings. The molecular formula is C10H13N3O2. The molecule has 1 aliphatic rings. The maximum Gasteiger partial charge on any atom is 0.233 e. The second kappa shape index (κ2) is 4.35. The van der Waals surface area contributed by atoms with Crippen LogP contribution < -0.4 is 5.32 Å². The largest absolute Gasteiger partial charge is 0.310 e. The lowest BCUT2D eigenvalue weighted by Gasteiger charge is -2.25. The Morgan fingerprint density at radius 3 is 3.07 bits per heavy atom. The van der Waals surface area contributed by atoms with Crippen LogP contribution in [0, 0.1) is 10.1 Å². The summed E-state index contributed by atoms with van der Waals surface area (Å²) in [4.78, 5) is 14.9.